The van der Waals surface area contributed by atoms with Gasteiger partial charge in [-0.2, -0.15) is 0 Å². The van der Waals surface area contributed by atoms with Gasteiger partial charge in [0.15, 0.2) is 0 Å². The maximum Gasteiger partial charge on any atom is 0.323 e. The second kappa shape index (κ2) is 8.48. The minimum absolute atomic E-state index is 0.0586. The van der Waals surface area contributed by atoms with E-state index in [1.807, 2.05) is 6.92 Å². The van der Waals surface area contributed by atoms with Crippen LogP contribution in [0.15, 0.2) is 47.3 Å². The van der Waals surface area contributed by atoms with E-state index < -0.39 is 0 Å². The van der Waals surface area contributed by atoms with Gasteiger partial charge in [-0.3, -0.25) is 10.1 Å². The molecule has 0 unspecified atom stereocenters. The Morgan fingerprint density at radius 1 is 0.933 bits per heavy atom. The zero-order chi connectivity index (χ0) is 22.1. The number of carbonyl (C=O) groups excluding carboxylic acids is 1. The molecule has 0 saturated carbocycles. The van der Waals surface area contributed by atoms with Crippen molar-refractivity contribution < 1.29 is 4.79 Å². The highest BCUT2D eigenvalue weighted by atomic mass is 16.2. The smallest absolute Gasteiger partial charge is 0.323 e. The molecule has 0 saturated heterocycles. The lowest BCUT2D eigenvalue weighted by Crippen LogP contribution is -2.41. The number of fused-ring (bicyclic) bond motifs is 1. The number of hydrogen-bond acceptors (Lipinski definition) is 3. The number of benzene rings is 2. The van der Waals surface area contributed by atoms with Gasteiger partial charge in [-0.15, -0.1) is 0 Å². The standard InChI is InChI=1S/C24H32N4O2/c1-14(2)21(16-7-9-17(10-8-16)24(4,5)6)25-15(3)22(29)26-18-11-12-19-20(13-18)28-23(30)27-19/h7-15,21,25H,1-6H3,(H,26,29)(H2,27,28,30)/t15-,21+/m0/s1. The fraction of sp³-hybridized carbons (Fsp3) is 0.417. The monoisotopic (exact) mass is 408 g/mol. The number of imidazole rings is 1. The molecule has 0 fully saturated rings. The molecule has 2 aromatic carbocycles. The summed E-state index contributed by atoms with van der Waals surface area (Å²) in [5, 5.41) is 6.41. The molecule has 1 amide bonds. The minimum Gasteiger partial charge on any atom is -0.325 e. The molecule has 6 nitrogen and oxygen atoms in total. The van der Waals surface area contributed by atoms with Gasteiger partial charge in [0.05, 0.1) is 17.1 Å². The maximum atomic E-state index is 12.8. The molecule has 0 aliphatic heterocycles. The summed E-state index contributed by atoms with van der Waals surface area (Å²) in [6.45, 7) is 12.8. The number of anilines is 1. The average Bonchev–Trinajstić information content (AvgIpc) is 3.04. The van der Waals surface area contributed by atoms with Crippen LogP contribution in [0.2, 0.25) is 0 Å². The predicted octanol–water partition coefficient (Wildman–Crippen LogP) is 4.47. The largest absolute Gasteiger partial charge is 0.325 e. The van der Waals surface area contributed by atoms with Gasteiger partial charge in [0, 0.05) is 11.7 Å². The van der Waals surface area contributed by atoms with Crippen molar-refractivity contribution in [3.05, 3.63) is 64.1 Å². The van der Waals surface area contributed by atoms with E-state index in [1.54, 1.807) is 18.2 Å². The first-order chi connectivity index (χ1) is 14.0. The fourth-order valence-corrected chi connectivity index (χ4v) is 3.57. The Morgan fingerprint density at radius 2 is 1.57 bits per heavy atom. The second-order valence-electron chi connectivity index (χ2n) is 9.31. The Hall–Kier alpha value is -2.86. The molecule has 2 atom stereocenters. The highest BCUT2D eigenvalue weighted by Gasteiger charge is 2.23. The van der Waals surface area contributed by atoms with Crippen LogP contribution in [0.3, 0.4) is 0 Å². The van der Waals surface area contributed by atoms with Gasteiger partial charge >= 0.3 is 5.69 Å². The summed E-state index contributed by atoms with van der Waals surface area (Å²) in [5.41, 5.74) is 4.33. The zero-order valence-electron chi connectivity index (χ0n) is 18.6. The molecule has 0 spiro atoms. The van der Waals surface area contributed by atoms with E-state index in [4.69, 9.17) is 0 Å². The molecule has 1 aromatic heterocycles. The molecule has 1 heterocycles. The van der Waals surface area contributed by atoms with Crippen LogP contribution >= 0.6 is 0 Å². The summed E-state index contributed by atoms with van der Waals surface area (Å²) in [7, 11) is 0. The van der Waals surface area contributed by atoms with Crippen molar-refractivity contribution in [2.45, 2.75) is 59.0 Å². The first kappa shape index (κ1) is 21.8. The van der Waals surface area contributed by atoms with Gasteiger partial charge in [-0.25, -0.2) is 4.79 Å². The Morgan fingerprint density at radius 3 is 2.17 bits per heavy atom. The van der Waals surface area contributed by atoms with E-state index in [0.29, 0.717) is 22.6 Å². The molecule has 3 aromatic rings. The van der Waals surface area contributed by atoms with Crippen LogP contribution in [0.4, 0.5) is 5.69 Å². The fourth-order valence-electron chi connectivity index (χ4n) is 3.57. The van der Waals surface area contributed by atoms with Crippen molar-refractivity contribution in [1.82, 2.24) is 15.3 Å². The Kier molecular flexibility index (Phi) is 6.17. The van der Waals surface area contributed by atoms with Gasteiger partial charge in [0.1, 0.15) is 0 Å². The predicted molar refractivity (Wildman–Crippen MR) is 123 cm³/mol. The van der Waals surface area contributed by atoms with Crippen LogP contribution in [-0.4, -0.2) is 21.9 Å². The maximum absolute atomic E-state index is 12.8. The summed E-state index contributed by atoms with van der Waals surface area (Å²) < 4.78 is 0. The van der Waals surface area contributed by atoms with Crippen molar-refractivity contribution in [3.8, 4) is 0 Å². The molecule has 0 aliphatic carbocycles. The van der Waals surface area contributed by atoms with Crippen LogP contribution in [-0.2, 0) is 10.2 Å². The Bertz CT molecular complexity index is 1070. The van der Waals surface area contributed by atoms with Gasteiger partial charge in [-0.1, -0.05) is 58.9 Å². The average molecular weight is 409 g/mol. The number of rotatable bonds is 6. The lowest BCUT2D eigenvalue weighted by atomic mass is 9.85. The molecule has 6 heteroatoms. The van der Waals surface area contributed by atoms with E-state index in [2.05, 4.69) is 79.5 Å². The van der Waals surface area contributed by atoms with E-state index in [-0.39, 0.29) is 29.1 Å². The molecule has 0 aliphatic rings. The highest BCUT2D eigenvalue weighted by Crippen LogP contribution is 2.27. The Balaban J connectivity index is 1.71. The van der Waals surface area contributed by atoms with Crippen molar-refractivity contribution in [2.75, 3.05) is 5.32 Å². The lowest BCUT2D eigenvalue weighted by molar-refractivity contribution is -0.118. The van der Waals surface area contributed by atoms with E-state index >= 15 is 0 Å². The summed E-state index contributed by atoms with van der Waals surface area (Å²) >= 11 is 0. The topological polar surface area (TPSA) is 89.8 Å². The number of carbonyl (C=O) groups is 1. The minimum atomic E-state index is -0.388. The summed E-state index contributed by atoms with van der Waals surface area (Å²) in [5.74, 6) is 0.200. The van der Waals surface area contributed by atoms with E-state index in [1.165, 1.54) is 11.1 Å². The van der Waals surface area contributed by atoms with Crippen LogP contribution < -0.4 is 16.3 Å². The lowest BCUT2D eigenvalue weighted by Gasteiger charge is -2.27. The quantitative estimate of drug-likeness (QED) is 0.485. The van der Waals surface area contributed by atoms with Gasteiger partial charge < -0.3 is 15.3 Å². The van der Waals surface area contributed by atoms with Crippen LogP contribution in [0.5, 0.6) is 0 Å². The van der Waals surface area contributed by atoms with Crippen LogP contribution in [0.25, 0.3) is 11.0 Å². The van der Waals surface area contributed by atoms with Crippen molar-refractivity contribution in [2.24, 2.45) is 5.92 Å². The molecule has 4 N–H and O–H groups in total. The zero-order valence-corrected chi connectivity index (χ0v) is 18.6. The Labute approximate surface area is 177 Å². The molecule has 0 radical (unpaired) electrons. The third-order valence-corrected chi connectivity index (χ3v) is 5.41. The first-order valence-corrected chi connectivity index (χ1v) is 10.4. The highest BCUT2D eigenvalue weighted by molar-refractivity contribution is 5.96. The molecule has 3 rings (SSSR count). The molecule has 30 heavy (non-hydrogen) atoms. The second-order valence-corrected chi connectivity index (χ2v) is 9.31. The molecule has 0 bridgehead atoms. The van der Waals surface area contributed by atoms with Crippen molar-refractivity contribution in [3.63, 3.8) is 0 Å². The van der Waals surface area contributed by atoms with Gasteiger partial charge in [-0.05, 0) is 47.6 Å². The molecular weight excluding hydrogens is 376 g/mol. The number of H-pyrrole nitrogens is 2. The third-order valence-electron chi connectivity index (χ3n) is 5.41. The number of hydrogen-bond donors (Lipinski definition) is 4. The number of nitrogens with one attached hydrogen (secondary N) is 4. The summed E-state index contributed by atoms with van der Waals surface area (Å²) in [6.07, 6.45) is 0. The number of aromatic amines is 2. The van der Waals surface area contributed by atoms with Crippen LogP contribution in [0.1, 0.15) is 58.7 Å². The van der Waals surface area contributed by atoms with Gasteiger partial charge in [0.2, 0.25) is 5.91 Å². The van der Waals surface area contributed by atoms with E-state index in [0.717, 1.165) is 0 Å². The molecule has 160 valence electrons. The first-order valence-electron chi connectivity index (χ1n) is 10.4. The molecular formula is C24H32N4O2. The number of aromatic nitrogens is 2. The SMILES string of the molecule is CC(C)[C@@H](N[C@@H](C)C(=O)Nc1ccc2[nH]c(=O)[nH]c2c1)c1ccc(C(C)(C)C)cc1. The summed E-state index contributed by atoms with van der Waals surface area (Å²) in [4.78, 5) is 29.6. The van der Waals surface area contributed by atoms with Crippen molar-refractivity contribution in [1.29, 1.82) is 0 Å². The third kappa shape index (κ3) is 5.00. The van der Waals surface area contributed by atoms with E-state index in [9.17, 15) is 9.59 Å². The number of amides is 1. The van der Waals surface area contributed by atoms with Crippen LogP contribution in [0, 0.1) is 5.92 Å². The summed E-state index contributed by atoms with van der Waals surface area (Å²) in [6, 6.07) is 13.6. The normalized spacial score (nSPS) is 14.1. The van der Waals surface area contributed by atoms with Crippen molar-refractivity contribution >= 4 is 22.6 Å². The van der Waals surface area contributed by atoms with Gasteiger partial charge in [0.25, 0.3) is 0 Å².